The molecule has 3 rings (SSSR count). The van der Waals surface area contributed by atoms with Crippen molar-refractivity contribution in [2.45, 2.75) is 12.8 Å². The van der Waals surface area contributed by atoms with Crippen LogP contribution in [0.25, 0.3) is 0 Å². The maximum absolute atomic E-state index is 12.4. The molecule has 1 N–H and O–H groups in total. The number of benzene rings is 1. The molecule has 0 bridgehead atoms. The van der Waals surface area contributed by atoms with Gasteiger partial charge in [-0.05, 0) is 42.5 Å². The van der Waals surface area contributed by atoms with Crippen molar-refractivity contribution >= 4 is 34.9 Å². The lowest BCUT2D eigenvalue weighted by Gasteiger charge is -2.18. The van der Waals surface area contributed by atoms with E-state index in [0.717, 1.165) is 25.9 Å². The van der Waals surface area contributed by atoms with Gasteiger partial charge in [0, 0.05) is 25.5 Å². The van der Waals surface area contributed by atoms with E-state index in [1.54, 1.807) is 24.4 Å². The summed E-state index contributed by atoms with van der Waals surface area (Å²) in [5.41, 5.74) is 1.75. The molecule has 1 saturated heterocycles. The number of hydrogen-bond donors (Lipinski definition) is 1. The van der Waals surface area contributed by atoms with Crippen molar-refractivity contribution in [3.63, 3.8) is 0 Å². The van der Waals surface area contributed by atoms with Gasteiger partial charge in [0.05, 0.1) is 15.7 Å². The Kier molecular flexibility index (Phi) is 5.03. The van der Waals surface area contributed by atoms with Gasteiger partial charge in [-0.25, -0.2) is 4.79 Å². The van der Waals surface area contributed by atoms with Gasteiger partial charge in [0.1, 0.15) is 0 Å². The van der Waals surface area contributed by atoms with Crippen LogP contribution in [-0.2, 0) is 6.42 Å². The Morgan fingerprint density at radius 1 is 1.30 bits per heavy atom. The first kappa shape index (κ1) is 16.1. The summed E-state index contributed by atoms with van der Waals surface area (Å²) in [7, 11) is 0. The van der Waals surface area contributed by atoms with Gasteiger partial charge < -0.3 is 10.2 Å². The van der Waals surface area contributed by atoms with E-state index in [1.165, 1.54) is 5.56 Å². The number of aromatic nitrogens is 1. The second-order valence-electron chi connectivity index (χ2n) is 5.70. The van der Waals surface area contributed by atoms with Crippen molar-refractivity contribution in [3.05, 3.63) is 58.3 Å². The molecule has 1 fully saturated rings. The van der Waals surface area contributed by atoms with E-state index in [-0.39, 0.29) is 6.03 Å². The van der Waals surface area contributed by atoms with Crippen LogP contribution in [0.3, 0.4) is 0 Å². The molecule has 1 aliphatic heterocycles. The highest BCUT2D eigenvalue weighted by Gasteiger charge is 2.26. The first-order valence-electron chi connectivity index (χ1n) is 7.52. The molecule has 120 valence electrons. The summed E-state index contributed by atoms with van der Waals surface area (Å²) in [6, 6.07) is 9.08. The highest BCUT2D eigenvalue weighted by Crippen LogP contribution is 2.30. The summed E-state index contributed by atoms with van der Waals surface area (Å²) >= 11 is 12.1. The molecule has 6 heteroatoms. The number of nitrogens with zero attached hydrogens (tertiary/aromatic N) is 2. The van der Waals surface area contributed by atoms with Crippen LogP contribution in [-0.4, -0.2) is 29.0 Å². The minimum atomic E-state index is -0.136. The maximum atomic E-state index is 12.4. The lowest BCUT2D eigenvalue weighted by Crippen LogP contribution is -2.33. The zero-order valence-electron chi connectivity index (χ0n) is 12.5. The fraction of sp³-hybridized carbons (Fsp3) is 0.294. The second-order valence-corrected chi connectivity index (χ2v) is 6.48. The summed E-state index contributed by atoms with van der Waals surface area (Å²) < 4.78 is 0. The van der Waals surface area contributed by atoms with Gasteiger partial charge in [0.15, 0.2) is 0 Å². The lowest BCUT2D eigenvalue weighted by atomic mass is 10.0. The third-order valence-corrected chi connectivity index (χ3v) is 4.83. The van der Waals surface area contributed by atoms with Crippen molar-refractivity contribution in [3.8, 4) is 0 Å². The first-order valence-corrected chi connectivity index (χ1v) is 8.28. The highest BCUT2D eigenvalue weighted by molar-refractivity contribution is 6.43. The summed E-state index contributed by atoms with van der Waals surface area (Å²) in [6.07, 6.45) is 5.59. The highest BCUT2D eigenvalue weighted by atomic mass is 35.5. The van der Waals surface area contributed by atoms with E-state index in [2.05, 4.69) is 16.4 Å². The van der Waals surface area contributed by atoms with Gasteiger partial charge in [0.2, 0.25) is 0 Å². The van der Waals surface area contributed by atoms with Crippen molar-refractivity contribution < 1.29 is 4.79 Å². The molecule has 0 spiro atoms. The quantitative estimate of drug-likeness (QED) is 0.887. The number of carbonyl (C=O) groups excluding carboxylic acids is 1. The van der Waals surface area contributed by atoms with Crippen molar-refractivity contribution in [1.82, 2.24) is 9.88 Å². The predicted molar refractivity (Wildman–Crippen MR) is 93.1 cm³/mol. The molecule has 0 aliphatic carbocycles. The van der Waals surface area contributed by atoms with Crippen molar-refractivity contribution in [2.75, 3.05) is 18.4 Å². The summed E-state index contributed by atoms with van der Waals surface area (Å²) in [4.78, 5) is 18.3. The van der Waals surface area contributed by atoms with Crippen molar-refractivity contribution in [2.24, 2.45) is 5.92 Å². The molecule has 1 unspecified atom stereocenters. The van der Waals surface area contributed by atoms with Gasteiger partial charge in [-0.15, -0.1) is 0 Å². The largest absolute Gasteiger partial charge is 0.324 e. The molecule has 2 aromatic rings. The molecule has 2 amide bonds. The third-order valence-electron chi connectivity index (χ3n) is 4.01. The van der Waals surface area contributed by atoms with E-state index in [0.29, 0.717) is 21.7 Å². The number of halogens is 2. The number of nitrogens with one attached hydrogen (secondary N) is 1. The van der Waals surface area contributed by atoms with E-state index >= 15 is 0 Å². The fourth-order valence-corrected chi connectivity index (χ4v) is 3.18. The normalized spacial score (nSPS) is 17.3. The molecular weight excluding hydrogens is 333 g/mol. The Balaban J connectivity index is 1.58. The van der Waals surface area contributed by atoms with E-state index in [4.69, 9.17) is 23.2 Å². The molecule has 2 heterocycles. The Hall–Kier alpha value is -1.78. The SMILES string of the molecule is O=C(Nc1cccc(Cl)c1Cl)N1CCC(Cc2cccnc2)C1. The first-order chi connectivity index (χ1) is 11.1. The minimum absolute atomic E-state index is 0.136. The van der Waals surface area contributed by atoms with Gasteiger partial charge in [0.25, 0.3) is 0 Å². The third kappa shape index (κ3) is 3.95. The number of amides is 2. The number of hydrogen-bond acceptors (Lipinski definition) is 2. The zero-order valence-corrected chi connectivity index (χ0v) is 14.0. The average Bonchev–Trinajstić information content (AvgIpc) is 3.01. The molecule has 1 aromatic carbocycles. The standard InChI is InChI=1S/C17H17Cl2N3O/c18-14-4-1-5-15(16(14)19)21-17(23)22-8-6-13(11-22)9-12-3-2-7-20-10-12/h1-5,7,10,13H,6,8-9,11H2,(H,21,23). The zero-order chi connectivity index (χ0) is 16.2. The molecule has 4 nitrogen and oxygen atoms in total. The van der Waals surface area contributed by atoms with Crippen LogP contribution < -0.4 is 5.32 Å². The van der Waals surface area contributed by atoms with E-state index in [1.807, 2.05) is 17.2 Å². The number of rotatable bonds is 3. The molecular formula is C17H17Cl2N3O. The summed E-state index contributed by atoms with van der Waals surface area (Å²) in [6.45, 7) is 1.48. The van der Waals surface area contributed by atoms with Crippen LogP contribution in [0.1, 0.15) is 12.0 Å². The van der Waals surface area contributed by atoms with Crippen LogP contribution in [0.4, 0.5) is 10.5 Å². The van der Waals surface area contributed by atoms with E-state index in [9.17, 15) is 4.79 Å². The molecule has 0 radical (unpaired) electrons. The molecule has 1 atom stereocenters. The molecule has 0 saturated carbocycles. The molecule has 23 heavy (non-hydrogen) atoms. The predicted octanol–water partition coefficient (Wildman–Crippen LogP) is 4.48. The maximum Gasteiger partial charge on any atom is 0.321 e. The summed E-state index contributed by atoms with van der Waals surface area (Å²) in [5.74, 6) is 0.458. The number of pyridine rings is 1. The Morgan fingerprint density at radius 3 is 2.96 bits per heavy atom. The Labute approximate surface area is 145 Å². The number of urea groups is 1. The van der Waals surface area contributed by atoms with Crippen LogP contribution in [0.5, 0.6) is 0 Å². The summed E-state index contributed by atoms with van der Waals surface area (Å²) in [5, 5.41) is 3.64. The van der Waals surface area contributed by atoms with Crippen LogP contribution >= 0.6 is 23.2 Å². The number of anilines is 1. The lowest BCUT2D eigenvalue weighted by molar-refractivity contribution is 0.221. The van der Waals surface area contributed by atoms with E-state index < -0.39 is 0 Å². The topological polar surface area (TPSA) is 45.2 Å². The second kappa shape index (κ2) is 7.20. The number of likely N-dealkylation sites (tertiary alicyclic amines) is 1. The minimum Gasteiger partial charge on any atom is -0.324 e. The van der Waals surface area contributed by atoms with Crippen molar-refractivity contribution in [1.29, 1.82) is 0 Å². The monoisotopic (exact) mass is 349 g/mol. The molecule has 1 aromatic heterocycles. The Bertz CT molecular complexity index is 693. The smallest absolute Gasteiger partial charge is 0.321 e. The van der Waals surface area contributed by atoms with Gasteiger partial charge in [-0.1, -0.05) is 35.3 Å². The average molecular weight is 350 g/mol. The van der Waals surface area contributed by atoms with Gasteiger partial charge in [-0.2, -0.15) is 0 Å². The fourth-order valence-electron chi connectivity index (χ4n) is 2.83. The number of carbonyl (C=O) groups is 1. The van der Waals surface area contributed by atoms with Crippen LogP contribution in [0, 0.1) is 5.92 Å². The Morgan fingerprint density at radius 2 is 2.17 bits per heavy atom. The molecule has 1 aliphatic rings. The van der Waals surface area contributed by atoms with Gasteiger partial charge >= 0.3 is 6.03 Å². The van der Waals surface area contributed by atoms with Crippen LogP contribution in [0.2, 0.25) is 10.0 Å². The van der Waals surface area contributed by atoms with Gasteiger partial charge in [-0.3, -0.25) is 4.98 Å². The van der Waals surface area contributed by atoms with Crippen LogP contribution in [0.15, 0.2) is 42.7 Å².